The minimum Gasteiger partial charge on any atom is -0.272 e. The molecule has 2 unspecified atom stereocenters. The fourth-order valence-corrected chi connectivity index (χ4v) is 3.55. The quantitative estimate of drug-likeness (QED) is 0.400. The highest BCUT2D eigenvalue weighted by molar-refractivity contribution is 6.41. The highest BCUT2D eigenvalue weighted by Gasteiger charge is 2.53. The number of pyridine rings is 2. The first kappa shape index (κ1) is 17.4. The van der Waals surface area contributed by atoms with Crippen molar-refractivity contribution < 1.29 is 14.2 Å². The van der Waals surface area contributed by atoms with Crippen molar-refractivity contribution in [2.75, 3.05) is 4.90 Å². The number of carbonyl (C=O) groups excluding carboxylic acids is 2. The highest BCUT2D eigenvalue weighted by atomic mass is 35.5. The smallest absolute Gasteiger partial charge is 0.272 e. The van der Waals surface area contributed by atoms with Gasteiger partial charge in [-0.05, 0) is 42.3 Å². The molecular weight excluding hydrogens is 362 g/mol. The molecule has 0 saturated carbocycles. The Hall–Kier alpha value is -3.05. The van der Waals surface area contributed by atoms with Crippen LogP contribution in [-0.4, -0.2) is 22.2 Å². The maximum Gasteiger partial charge on any atom is 0.305 e. The number of carbonyl (C=O) groups is 2. The predicted molar refractivity (Wildman–Crippen MR) is 102 cm³/mol. The molecule has 2 amide bonds. The molecule has 3 heterocycles. The van der Waals surface area contributed by atoms with Gasteiger partial charge in [0.25, 0.3) is 11.9 Å². The molecule has 3 aromatic rings. The van der Waals surface area contributed by atoms with Crippen molar-refractivity contribution >= 4 is 29.1 Å². The zero-order valence-electron chi connectivity index (χ0n) is 14.6. The fraction of sp³-hybridized carbons (Fsp3) is 0.143. The van der Waals surface area contributed by atoms with Crippen molar-refractivity contribution in [1.82, 2.24) is 4.98 Å². The van der Waals surface area contributed by atoms with Crippen LogP contribution in [-0.2, 0) is 9.59 Å². The lowest BCUT2D eigenvalue weighted by Gasteiger charge is -2.13. The molecule has 1 aliphatic rings. The van der Waals surface area contributed by atoms with Gasteiger partial charge in [0.1, 0.15) is 0 Å². The Morgan fingerprint density at radius 2 is 1.48 bits per heavy atom. The molecule has 2 atom stereocenters. The molecule has 1 aromatic carbocycles. The Labute approximate surface area is 161 Å². The Kier molecular flexibility index (Phi) is 4.46. The van der Waals surface area contributed by atoms with Crippen LogP contribution in [0.3, 0.4) is 0 Å². The number of amides is 2. The van der Waals surface area contributed by atoms with Gasteiger partial charge in [-0.25, -0.2) is 4.90 Å². The van der Waals surface area contributed by atoms with E-state index >= 15 is 0 Å². The number of imide groups is 1. The van der Waals surface area contributed by atoms with Crippen molar-refractivity contribution in [3.63, 3.8) is 0 Å². The van der Waals surface area contributed by atoms with Gasteiger partial charge in [0.15, 0.2) is 17.8 Å². The van der Waals surface area contributed by atoms with Crippen LogP contribution in [0.2, 0.25) is 0 Å². The van der Waals surface area contributed by atoms with Crippen molar-refractivity contribution in [2.24, 2.45) is 0 Å². The Morgan fingerprint density at radius 3 is 2.11 bits per heavy atom. The first-order chi connectivity index (χ1) is 13.1. The minimum atomic E-state index is -0.949. The van der Waals surface area contributed by atoms with E-state index in [2.05, 4.69) is 4.98 Å². The van der Waals surface area contributed by atoms with E-state index in [-0.39, 0.29) is 5.91 Å². The molecule has 1 fully saturated rings. The van der Waals surface area contributed by atoms with Gasteiger partial charge >= 0.3 is 5.91 Å². The number of rotatable bonds is 3. The van der Waals surface area contributed by atoms with E-state index in [1.807, 2.05) is 43.3 Å². The van der Waals surface area contributed by atoms with Gasteiger partial charge in [-0.15, -0.1) is 11.6 Å². The van der Waals surface area contributed by atoms with Gasteiger partial charge in [0.05, 0.1) is 5.69 Å². The zero-order valence-corrected chi connectivity index (χ0v) is 15.4. The third kappa shape index (κ3) is 3.11. The van der Waals surface area contributed by atoms with Gasteiger partial charge in [-0.3, -0.25) is 14.6 Å². The number of nitrogens with zero attached hydrogens (tertiary/aromatic N) is 3. The summed E-state index contributed by atoms with van der Waals surface area (Å²) in [6.45, 7) is 1.95. The normalized spacial score (nSPS) is 19.6. The van der Waals surface area contributed by atoms with E-state index in [1.54, 1.807) is 41.5 Å². The first-order valence-electron chi connectivity index (χ1n) is 8.56. The molecule has 0 aliphatic carbocycles. The molecule has 0 spiro atoms. The maximum absolute atomic E-state index is 13.0. The number of aryl methyl sites for hydroxylation is 1. The third-order valence-electron chi connectivity index (χ3n) is 4.69. The second kappa shape index (κ2) is 6.93. The lowest BCUT2D eigenvalue weighted by atomic mass is 10.1. The van der Waals surface area contributed by atoms with E-state index in [0.29, 0.717) is 5.69 Å². The van der Waals surface area contributed by atoms with Gasteiger partial charge in [-0.1, -0.05) is 17.7 Å². The molecule has 4 rings (SSSR count). The minimum absolute atomic E-state index is 0.328. The lowest BCUT2D eigenvalue weighted by Crippen LogP contribution is -2.46. The zero-order chi connectivity index (χ0) is 19.0. The monoisotopic (exact) mass is 378 g/mol. The Balaban J connectivity index is 1.64. The average Bonchev–Trinajstić information content (AvgIpc) is 2.92. The topological polar surface area (TPSA) is 54.1 Å². The Bertz CT molecular complexity index is 988. The van der Waals surface area contributed by atoms with E-state index in [4.69, 9.17) is 11.6 Å². The summed E-state index contributed by atoms with van der Waals surface area (Å²) in [4.78, 5) is 30.8. The molecule has 1 saturated heterocycles. The van der Waals surface area contributed by atoms with Crippen LogP contribution in [0, 0.1) is 6.92 Å². The van der Waals surface area contributed by atoms with Gasteiger partial charge in [-0.2, -0.15) is 4.57 Å². The number of benzene rings is 1. The molecule has 6 heteroatoms. The first-order valence-corrected chi connectivity index (χ1v) is 8.99. The van der Waals surface area contributed by atoms with Crippen molar-refractivity contribution in [3.8, 4) is 11.1 Å². The number of hydrogen-bond donors (Lipinski definition) is 0. The van der Waals surface area contributed by atoms with Crippen LogP contribution in [0.1, 0.15) is 11.6 Å². The number of hydrogen-bond acceptors (Lipinski definition) is 3. The van der Waals surface area contributed by atoms with Gasteiger partial charge in [0, 0.05) is 24.5 Å². The average molecular weight is 379 g/mol. The molecule has 0 radical (unpaired) electrons. The third-order valence-corrected chi connectivity index (χ3v) is 5.11. The van der Waals surface area contributed by atoms with E-state index in [0.717, 1.165) is 16.7 Å². The maximum atomic E-state index is 13.0. The van der Waals surface area contributed by atoms with Crippen LogP contribution in [0.4, 0.5) is 5.69 Å². The van der Waals surface area contributed by atoms with Crippen molar-refractivity contribution in [1.29, 1.82) is 0 Å². The fourth-order valence-electron chi connectivity index (χ4n) is 3.21. The second-order valence-corrected chi connectivity index (χ2v) is 6.93. The summed E-state index contributed by atoms with van der Waals surface area (Å²) < 4.78 is 1.69. The summed E-state index contributed by atoms with van der Waals surface area (Å²) in [6.07, 6.45) is 7.01. The second-order valence-electron chi connectivity index (χ2n) is 6.46. The molecule has 134 valence electrons. The van der Waals surface area contributed by atoms with E-state index < -0.39 is 17.3 Å². The molecule has 5 nitrogen and oxygen atoms in total. The van der Waals surface area contributed by atoms with E-state index in [9.17, 15) is 9.59 Å². The molecule has 27 heavy (non-hydrogen) atoms. The standard InChI is InChI=1S/C21H17ClN3O2/c1-14-2-4-17(5-3-14)25-20(26)18(22)19(21(25)27)24-12-8-16(9-13-24)15-6-10-23-11-7-15/h2-13,18-19H,1H3/q+1. The number of halogens is 1. The van der Waals surface area contributed by atoms with E-state index in [1.165, 1.54) is 4.90 Å². The molecule has 0 bridgehead atoms. The number of anilines is 1. The van der Waals surface area contributed by atoms with Crippen LogP contribution in [0.15, 0.2) is 73.3 Å². The van der Waals surface area contributed by atoms with Crippen LogP contribution < -0.4 is 9.47 Å². The molecular formula is C21H17ClN3O2+. The highest BCUT2D eigenvalue weighted by Crippen LogP contribution is 2.30. The van der Waals surface area contributed by atoms with Gasteiger partial charge in [0.2, 0.25) is 0 Å². The van der Waals surface area contributed by atoms with Gasteiger partial charge < -0.3 is 0 Å². The van der Waals surface area contributed by atoms with Crippen molar-refractivity contribution in [3.05, 3.63) is 78.9 Å². The molecule has 1 aliphatic heterocycles. The summed E-state index contributed by atoms with van der Waals surface area (Å²) in [5.74, 6) is -0.730. The summed E-state index contributed by atoms with van der Waals surface area (Å²) in [5, 5.41) is -0.949. The summed E-state index contributed by atoms with van der Waals surface area (Å²) >= 11 is 6.35. The summed E-state index contributed by atoms with van der Waals surface area (Å²) in [7, 11) is 0. The molecule has 2 aromatic heterocycles. The SMILES string of the molecule is Cc1ccc(N2C(=O)C(Cl)C([n+]3ccc(-c4ccncc4)cc3)C2=O)cc1. The van der Waals surface area contributed by atoms with Crippen molar-refractivity contribution in [2.45, 2.75) is 18.3 Å². The lowest BCUT2D eigenvalue weighted by molar-refractivity contribution is -0.706. The predicted octanol–water partition coefficient (Wildman–Crippen LogP) is 3.07. The van der Waals surface area contributed by atoms with Crippen LogP contribution >= 0.6 is 11.6 Å². The number of alkyl halides is 1. The summed E-state index contributed by atoms with van der Waals surface area (Å²) in [5.41, 5.74) is 3.61. The molecule has 0 N–H and O–H groups in total. The Morgan fingerprint density at radius 1 is 0.889 bits per heavy atom. The van der Waals surface area contributed by atoms with Crippen LogP contribution in [0.5, 0.6) is 0 Å². The largest absolute Gasteiger partial charge is 0.305 e. The van der Waals surface area contributed by atoms with Crippen LogP contribution in [0.25, 0.3) is 11.1 Å². The summed E-state index contributed by atoms with van der Waals surface area (Å²) in [6, 6.07) is 14.1. The number of aromatic nitrogens is 2.